The molecular formula is C19H19Cl2N3O3. The van der Waals surface area contributed by atoms with Crippen LogP contribution in [0.3, 0.4) is 0 Å². The van der Waals surface area contributed by atoms with E-state index in [0.29, 0.717) is 22.7 Å². The number of aromatic amines is 1. The summed E-state index contributed by atoms with van der Waals surface area (Å²) in [5, 5.41) is 12.3. The van der Waals surface area contributed by atoms with Gasteiger partial charge in [-0.15, -0.1) is 0 Å². The lowest BCUT2D eigenvalue weighted by molar-refractivity contribution is 0.0706. The van der Waals surface area contributed by atoms with Crippen molar-refractivity contribution in [3.05, 3.63) is 62.9 Å². The summed E-state index contributed by atoms with van der Waals surface area (Å²) in [5.74, 6) is -0.825. The second kappa shape index (κ2) is 8.17. The number of halogens is 2. The highest BCUT2D eigenvalue weighted by atomic mass is 35.5. The van der Waals surface area contributed by atoms with Crippen LogP contribution in [0.1, 0.15) is 51.4 Å². The van der Waals surface area contributed by atoms with Crippen LogP contribution < -0.4 is 10.8 Å². The summed E-state index contributed by atoms with van der Waals surface area (Å²) in [4.78, 5) is 26.9. The Kier molecular flexibility index (Phi) is 5.89. The maximum atomic E-state index is 12.4. The molecule has 27 heavy (non-hydrogen) atoms. The van der Waals surface area contributed by atoms with E-state index in [1.54, 1.807) is 30.6 Å². The van der Waals surface area contributed by atoms with Crippen LogP contribution in [0.25, 0.3) is 5.57 Å². The van der Waals surface area contributed by atoms with Crippen molar-refractivity contribution in [3.8, 4) is 0 Å². The Morgan fingerprint density at radius 2 is 2.00 bits per heavy atom. The average molecular weight is 408 g/mol. The third-order valence-corrected chi connectivity index (χ3v) is 5.57. The normalized spacial score (nSPS) is 16.6. The average Bonchev–Trinajstić information content (AvgIpc) is 2.95. The van der Waals surface area contributed by atoms with Crippen LogP contribution in [0.5, 0.6) is 0 Å². The lowest BCUT2D eigenvalue weighted by Gasteiger charge is -2.23. The van der Waals surface area contributed by atoms with Crippen molar-refractivity contribution in [2.24, 2.45) is 0 Å². The van der Waals surface area contributed by atoms with Gasteiger partial charge in [0.1, 0.15) is 5.69 Å². The number of H-pyrrole nitrogens is 1. The molecule has 0 radical (unpaired) electrons. The van der Waals surface area contributed by atoms with Crippen LogP contribution in [0.2, 0.25) is 10.0 Å². The van der Waals surface area contributed by atoms with Crippen molar-refractivity contribution < 1.29 is 14.8 Å². The fourth-order valence-electron chi connectivity index (χ4n) is 3.14. The van der Waals surface area contributed by atoms with Gasteiger partial charge in [0.25, 0.3) is 11.8 Å². The predicted molar refractivity (Wildman–Crippen MR) is 104 cm³/mol. The molecule has 0 spiro atoms. The first-order valence-electron chi connectivity index (χ1n) is 8.49. The van der Waals surface area contributed by atoms with Crippen LogP contribution in [-0.2, 0) is 0 Å². The number of carbonyl (C=O) groups is 2. The lowest BCUT2D eigenvalue weighted by Crippen LogP contribution is -2.36. The van der Waals surface area contributed by atoms with Crippen LogP contribution in [0.15, 0.2) is 30.3 Å². The Morgan fingerprint density at radius 1 is 1.22 bits per heavy atom. The summed E-state index contributed by atoms with van der Waals surface area (Å²) < 4.78 is 0. The van der Waals surface area contributed by atoms with Crippen molar-refractivity contribution in [2.75, 3.05) is 0 Å². The first-order chi connectivity index (χ1) is 12.9. The summed E-state index contributed by atoms with van der Waals surface area (Å²) in [6, 6.07) is 7.05. The first kappa shape index (κ1) is 19.5. The van der Waals surface area contributed by atoms with Gasteiger partial charge in [-0.05, 0) is 49.5 Å². The molecule has 6 nitrogen and oxygen atoms in total. The minimum Gasteiger partial charge on any atom is -0.352 e. The van der Waals surface area contributed by atoms with Crippen LogP contribution >= 0.6 is 23.2 Å². The van der Waals surface area contributed by atoms with E-state index in [4.69, 9.17) is 28.4 Å². The largest absolute Gasteiger partial charge is 0.352 e. The molecule has 1 heterocycles. The van der Waals surface area contributed by atoms with Crippen molar-refractivity contribution in [2.45, 2.75) is 32.2 Å². The van der Waals surface area contributed by atoms with E-state index in [1.807, 2.05) is 6.07 Å². The summed E-state index contributed by atoms with van der Waals surface area (Å²) >= 11 is 12.1. The highest BCUT2D eigenvalue weighted by molar-refractivity contribution is 6.44. The minimum absolute atomic E-state index is 0.0105. The van der Waals surface area contributed by atoms with E-state index in [9.17, 15) is 9.59 Å². The summed E-state index contributed by atoms with van der Waals surface area (Å²) in [7, 11) is 0. The zero-order valence-electron chi connectivity index (χ0n) is 14.6. The number of benzene rings is 1. The standard InChI is InChI=1S/C19H19Cl2N3O3/c1-10-15(20)16(21)17(22-10)19(26)23-14-7-5-11(6-8-14)12-3-2-4-13(9-12)18(25)24-27/h2-5,9,14,22,27H,6-8H2,1H3,(H,23,26)(H,24,25). The van der Waals surface area contributed by atoms with Gasteiger partial charge in [-0.1, -0.05) is 41.4 Å². The monoisotopic (exact) mass is 407 g/mol. The molecule has 1 aromatic carbocycles. The third kappa shape index (κ3) is 4.18. The fraction of sp³-hybridized carbons (Fsp3) is 0.263. The lowest BCUT2D eigenvalue weighted by atomic mass is 9.90. The Bertz CT molecular complexity index is 921. The molecule has 0 saturated heterocycles. The maximum absolute atomic E-state index is 12.4. The molecule has 1 unspecified atom stereocenters. The van der Waals surface area contributed by atoms with E-state index in [1.165, 1.54) is 0 Å². The fourth-order valence-corrected chi connectivity index (χ4v) is 3.55. The van der Waals surface area contributed by atoms with Crippen molar-refractivity contribution in [3.63, 3.8) is 0 Å². The van der Waals surface area contributed by atoms with Crippen molar-refractivity contribution in [1.29, 1.82) is 0 Å². The number of aryl methyl sites for hydroxylation is 1. The van der Waals surface area contributed by atoms with Gasteiger partial charge in [-0.3, -0.25) is 14.8 Å². The minimum atomic E-state index is -0.546. The van der Waals surface area contributed by atoms with E-state index in [-0.39, 0.29) is 22.7 Å². The molecule has 2 aromatic rings. The van der Waals surface area contributed by atoms with Gasteiger partial charge < -0.3 is 10.3 Å². The zero-order chi connectivity index (χ0) is 19.6. The number of aromatic nitrogens is 1. The first-order valence-corrected chi connectivity index (χ1v) is 9.24. The maximum Gasteiger partial charge on any atom is 0.274 e. The molecule has 0 saturated carbocycles. The predicted octanol–water partition coefficient (Wildman–Crippen LogP) is 4.11. The van der Waals surface area contributed by atoms with Crippen molar-refractivity contribution in [1.82, 2.24) is 15.8 Å². The van der Waals surface area contributed by atoms with Gasteiger partial charge in [0.05, 0.1) is 10.0 Å². The molecule has 1 atom stereocenters. The van der Waals surface area contributed by atoms with Gasteiger partial charge in [0, 0.05) is 17.3 Å². The summed E-state index contributed by atoms with van der Waals surface area (Å²) in [5.41, 5.74) is 4.99. The molecule has 142 valence electrons. The number of amides is 2. The second-order valence-corrected chi connectivity index (χ2v) is 7.20. The SMILES string of the molecule is Cc1[nH]c(C(=O)NC2CC=C(c3cccc(C(=O)NO)c3)CC2)c(Cl)c1Cl. The molecule has 3 rings (SSSR count). The van der Waals surface area contributed by atoms with E-state index >= 15 is 0 Å². The number of carbonyl (C=O) groups excluding carboxylic acids is 2. The Labute approximate surface area is 166 Å². The highest BCUT2D eigenvalue weighted by Gasteiger charge is 2.22. The second-order valence-electron chi connectivity index (χ2n) is 6.45. The zero-order valence-corrected chi connectivity index (χ0v) is 16.1. The van der Waals surface area contributed by atoms with Crippen LogP contribution in [0, 0.1) is 6.92 Å². The quantitative estimate of drug-likeness (QED) is 0.453. The topological polar surface area (TPSA) is 94.2 Å². The van der Waals surface area contributed by atoms with Gasteiger partial charge in [0.15, 0.2) is 0 Å². The Balaban J connectivity index is 1.67. The van der Waals surface area contributed by atoms with Crippen LogP contribution in [0.4, 0.5) is 0 Å². The van der Waals surface area contributed by atoms with Crippen molar-refractivity contribution >= 4 is 40.6 Å². The van der Waals surface area contributed by atoms with E-state index < -0.39 is 5.91 Å². The highest BCUT2D eigenvalue weighted by Crippen LogP contribution is 2.30. The number of hydroxylamine groups is 1. The molecule has 0 fully saturated rings. The molecule has 2 amide bonds. The van der Waals surface area contributed by atoms with E-state index in [0.717, 1.165) is 24.0 Å². The molecule has 1 aromatic heterocycles. The molecule has 4 N–H and O–H groups in total. The molecule has 0 aliphatic heterocycles. The number of hydrogen-bond acceptors (Lipinski definition) is 3. The summed E-state index contributed by atoms with van der Waals surface area (Å²) in [6.07, 6.45) is 4.24. The number of allylic oxidation sites excluding steroid dienone is 1. The number of hydrogen-bond donors (Lipinski definition) is 4. The Hall–Kier alpha value is -2.28. The molecule has 1 aliphatic carbocycles. The third-order valence-electron chi connectivity index (χ3n) is 4.62. The van der Waals surface area contributed by atoms with Gasteiger partial charge in [0.2, 0.25) is 0 Å². The van der Waals surface area contributed by atoms with Crippen LogP contribution in [-0.4, -0.2) is 28.0 Å². The number of rotatable bonds is 4. The summed E-state index contributed by atoms with van der Waals surface area (Å²) in [6.45, 7) is 1.76. The molecule has 0 bridgehead atoms. The molecule has 8 heteroatoms. The Morgan fingerprint density at radius 3 is 2.59 bits per heavy atom. The molecular weight excluding hydrogens is 389 g/mol. The number of nitrogens with one attached hydrogen (secondary N) is 3. The van der Waals surface area contributed by atoms with Gasteiger partial charge in [-0.2, -0.15) is 0 Å². The van der Waals surface area contributed by atoms with Gasteiger partial charge in [-0.25, -0.2) is 5.48 Å². The van der Waals surface area contributed by atoms with E-state index in [2.05, 4.69) is 16.4 Å². The van der Waals surface area contributed by atoms with Gasteiger partial charge >= 0.3 is 0 Å². The molecule has 1 aliphatic rings. The smallest absolute Gasteiger partial charge is 0.274 e.